The van der Waals surface area contributed by atoms with Gasteiger partial charge in [0.1, 0.15) is 0 Å². The first kappa shape index (κ1) is 7.84. The Morgan fingerprint density at radius 3 is 2.60 bits per heavy atom. The van der Waals surface area contributed by atoms with Crippen molar-refractivity contribution in [3.8, 4) is 0 Å². The predicted molar refractivity (Wildman–Crippen MR) is 45.9 cm³/mol. The van der Waals surface area contributed by atoms with Gasteiger partial charge < -0.3 is 0 Å². The van der Waals surface area contributed by atoms with Crippen LogP contribution in [0, 0.1) is 17.8 Å². The van der Waals surface area contributed by atoms with E-state index in [4.69, 9.17) is 0 Å². The Morgan fingerprint density at radius 2 is 2.20 bits per heavy atom. The molecule has 0 saturated heterocycles. The zero-order chi connectivity index (χ0) is 7.56. The van der Waals surface area contributed by atoms with E-state index in [2.05, 4.69) is 32.9 Å². The van der Waals surface area contributed by atoms with E-state index in [0.717, 1.165) is 17.8 Å². The van der Waals surface area contributed by atoms with E-state index in [1.54, 1.807) is 0 Å². The highest BCUT2D eigenvalue weighted by atomic mass is 14.3. The van der Waals surface area contributed by atoms with Crippen molar-refractivity contribution >= 4 is 0 Å². The topological polar surface area (TPSA) is 0 Å². The molecule has 58 valence electrons. The summed E-state index contributed by atoms with van der Waals surface area (Å²) in [4.78, 5) is 0. The Morgan fingerprint density at radius 1 is 1.50 bits per heavy atom. The van der Waals surface area contributed by atoms with Gasteiger partial charge in [-0.25, -0.2) is 0 Å². The minimum Gasteiger partial charge on any atom is -0.0879 e. The summed E-state index contributed by atoms with van der Waals surface area (Å²) in [6, 6.07) is 0. The second-order valence-corrected chi connectivity index (χ2v) is 3.65. The molecule has 0 aromatic heterocycles. The molecule has 0 aromatic rings. The fraction of sp³-hybridized carbons (Fsp3) is 0.800. The molecule has 1 rings (SSSR count). The first-order valence-corrected chi connectivity index (χ1v) is 4.42. The summed E-state index contributed by atoms with van der Waals surface area (Å²) in [5, 5.41) is 0. The lowest BCUT2D eigenvalue weighted by atomic mass is 9.85. The lowest BCUT2D eigenvalue weighted by Crippen LogP contribution is -2.12. The van der Waals surface area contributed by atoms with Crippen LogP contribution < -0.4 is 0 Å². The van der Waals surface area contributed by atoms with E-state index in [9.17, 15) is 0 Å². The van der Waals surface area contributed by atoms with Crippen molar-refractivity contribution in [2.75, 3.05) is 0 Å². The maximum absolute atomic E-state index is 2.40. The zero-order valence-corrected chi connectivity index (χ0v) is 7.30. The lowest BCUT2D eigenvalue weighted by Gasteiger charge is -2.20. The zero-order valence-electron chi connectivity index (χ0n) is 7.30. The standard InChI is InChI=1S/C10H18/c1-4-9-6-5-7-10(9)8(2)3/h5,7-10H,4,6H2,1-3H3. The summed E-state index contributed by atoms with van der Waals surface area (Å²) in [7, 11) is 0. The van der Waals surface area contributed by atoms with Gasteiger partial charge in [-0.1, -0.05) is 39.3 Å². The van der Waals surface area contributed by atoms with Gasteiger partial charge >= 0.3 is 0 Å². The Kier molecular flexibility index (Phi) is 2.53. The van der Waals surface area contributed by atoms with E-state index in [-0.39, 0.29) is 0 Å². The molecule has 0 heterocycles. The van der Waals surface area contributed by atoms with Crippen LogP contribution in [0.5, 0.6) is 0 Å². The fourth-order valence-corrected chi connectivity index (χ4v) is 1.93. The third kappa shape index (κ3) is 1.42. The maximum atomic E-state index is 2.40. The molecule has 0 radical (unpaired) electrons. The van der Waals surface area contributed by atoms with Crippen molar-refractivity contribution in [1.29, 1.82) is 0 Å². The largest absolute Gasteiger partial charge is 0.0879 e. The maximum Gasteiger partial charge on any atom is -0.0179 e. The predicted octanol–water partition coefficient (Wildman–Crippen LogP) is 3.24. The molecular weight excluding hydrogens is 120 g/mol. The summed E-state index contributed by atoms with van der Waals surface area (Å²) < 4.78 is 0. The molecule has 0 bridgehead atoms. The highest BCUT2D eigenvalue weighted by molar-refractivity contribution is 5.01. The van der Waals surface area contributed by atoms with E-state index >= 15 is 0 Å². The monoisotopic (exact) mass is 138 g/mol. The normalized spacial score (nSPS) is 32.0. The van der Waals surface area contributed by atoms with Gasteiger partial charge in [0.2, 0.25) is 0 Å². The van der Waals surface area contributed by atoms with Crippen LogP contribution in [-0.2, 0) is 0 Å². The molecule has 0 aliphatic heterocycles. The molecule has 0 amide bonds. The smallest absolute Gasteiger partial charge is 0.0179 e. The minimum atomic E-state index is 0.837. The summed E-state index contributed by atoms with van der Waals surface area (Å²) in [6.07, 6.45) is 7.41. The first-order valence-electron chi connectivity index (χ1n) is 4.42. The molecule has 10 heavy (non-hydrogen) atoms. The van der Waals surface area contributed by atoms with Gasteiger partial charge in [0.05, 0.1) is 0 Å². The number of allylic oxidation sites excluding steroid dienone is 2. The third-order valence-corrected chi connectivity index (χ3v) is 2.64. The van der Waals surface area contributed by atoms with Gasteiger partial charge in [-0.3, -0.25) is 0 Å². The summed E-state index contributed by atoms with van der Waals surface area (Å²) >= 11 is 0. The molecule has 0 nitrogen and oxygen atoms in total. The van der Waals surface area contributed by atoms with Crippen molar-refractivity contribution in [3.63, 3.8) is 0 Å². The Bertz CT molecular complexity index is 122. The Balaban J connectivity index is 2.49. The molecule has 2 atom stereocenters. The average molecular weight is 138 g/mol. The summed E-state index contributed by atoms with van der Waals surface area (Å²) in [5.74, 6) is 2.65. The number of hydrogen-bond acceptors (Lipinski definition) is 0. The van der Waals surface area contributed by atoms with Crippen molar-refractivity contribution in [1.82, 2.24) is 0 Å². The van der Waals surface area contributed by atoms with Crippen molar-refractivity contribution in [2.24, 2.45) is 17.8 Å². The van der Waals surface area contributed by atoms with E-state index < -0.39 is 0 Å². The lowest BCUT2D eigenvalue weighted by molar-refractivity contribution is 0.326. The molecule has 0 spiro atoms. The van der Waals surface area contributed by atoms with E-state index in [1.165, 1.54) is 12.8 Å². The SMILES string of the molecule is CCC1CC=CC1C(C)C. The first-order chi connectivity index (χ1) is 4.75. The molecular formula is C10H18. The third-order valence-electron chi connectivity index (χ3n) is 2.64. The van der Waals surface area contributed by atoms with Crippen LogP contribution in [0.1, 0.15) is 33.6 Å². The highest BCUT2D eigenvalue weighted by Crippen LogP contribution is 2.32. The molecule has 0 heteroatoms. The Labute approximate surface area is 64.3 Å². The van der Waals surface area contributed by atoms with Crippen LogP contribution >= 0.6 is 0 Å². The Hall–Kier alpha value is -0.260. The molecule has 0 saturated carbocycles. The van der Waals surface area contributed by atoms with Gasteiger partial charge in [0, 0.05) is 0 Å². The van der Waals surface area contributed by atoms with E-state index in [1.807, 2.05) is 0 Å². The van der Waals surface area contributed by atoms with Crippen LogP contribution in [0.2, 0.25) is 0 Å². The summed E-state index contributed by atoms with van der Waals surface area (Å²) in [6.45, 7) is 6.94. The average Bonchev–Trinajstić information content (AvgIpc) is 2.33. The molecule has 1 aliphatic rings. The second-order valence-electron chi connectivity index (χ2n) is 3.65. The highest BCUT2D eigenvalue weighted by Gasteiger charge is 2.23. The van der Waals surface area contributed by atoms with E-state index in [0.29, 0.717) is 0 Å². The van der Waals surface area contributed by atoms with Crippen LogP contribution in [0.3, 0.4) is 0 Å². The fourth-order valence-electron chi connectivity index (χ4n) is 1.93. The number of hydrogen-bond donors (Lipinski definition) is 0. The van der Waals surface area contributed by atoms with Crippen LogP contribution in [0.4, 0.5) is 0 Å². The van der Waals surface area contributed by atoms with Gasteiger partial charge in [-0.2, -0.15) is 0 Å². The molecule has 1 aliphatic carbocycles. The quantitative estimate of drug-likeness (QED) is 0.514. The van der Waals surface area contributed by atoms with Gasteiger partial charge in [-0.15, -0.1) is 0 Å². The van der Waals surface area contributed by atoms with Crippen LogP contribution in [0.25, 0.3) is 0 Å². The van der Waals surface area contributed by atoms with Gasteiger partial charge in [-0.05, 0) is 24.2 Å². The summed E-state index contributed by atoms with van der Waals surface area (Å²) in [5.41, 5.74) is 0. The second kappa shape index (κ2) is 3.23. The molecule has 0 aromatic carbocycles. The van der Waals surface area contributed by atoms with Crippen molar-refractivity contribution in [2.45, 2.75) is 33.6 Å². The van der Waals surface area contributed by atoms with Crippen molar-refractivity contribution < 1.29 is 0 Å². The minimum absolute atomic E-state index is 0.837. The molecule has 0 N–H and O–H groups in total. The van der Waals surface area contributed by atoms with Crippen LogP contribution in [0.15, 0.2) is 12.2 Å². The van der Waals surface area contributed by atoms with Crippen molar-refractivity contribution in [3.05, 3.63) is 12.2 Å². The van der Waals surface area contributed by atoms with Crippen LogP contribution in [-0.4, -0.2) is 0 Å². The molecule has 2 unspecified atom stereocenters. The van der Waals surface area contributed by atoms with Gasteiger partial charge in [0.25, 0.3) is 0 Å². The number of rotatable bonds is 2. The molecule has 0 fully saturated rings. The van der Waals surface area contributed by atoms with Gasteiger partial charge in [0.15, 0.2) is 0 Å².